The highest BCUT2D eigenvalue weighted by Gasteiger charge is 2.11. The highest BCUT2D eigenvalue weighted by atomic mass is 16.4. The molecular formula is C15H15N3O3. The van der Waals surface area contributed by atoms with Crippen LogP contribution < -0.4 is 5.32 Å². The summed E-state index contributed by atoms with van der Waals surface area (Å²) in [6.07, 6.45) is 4.07. The van der Waals surface area contributed by atoms with Gasteiger partial charge in [-0.25, -0.2) is 4.79 Å². The lowest BCUT2D eigenvalue weighted by atomic mass is 10.1. The van der Waals surface area contributed by atoms with E-state index in [1.807, 2.05) is 6.92 Å². The average Bonchev–Trinajstić information content (AvgIpc) is 2.84. The Balaban J connectivity index is 2.15. The largest absolute Gasteiger partial charge is 0.478 e. The molecule has 0 bridgehead atoms. The average molecular weight is 285 g/mol. The van der Waals surface area contributed by atoms with Crippen LogP contribution in [0.5, 0.6) is 0 Å². The molecule has 0 fully saturated rings. The molecule has 1 amide bonds. The van der Waals surface area contributed by atoms with Crippen molar-refractivity contribution in [3.05, 3.63) is 52.9 Å². The number of hydrogen-bond donors (Lipinski definition) is 3. The zero-order valence-electron chi connectivity index (χ0n) is 11.7. The number of nitrogens with one attached hydrogen (secondary N) is 2. The van der Waals surface area contributed by atoms with E-state index in [0.29, 0.717) is 16.9 Å². The van der Waals surface area contributed by atoms with Crippen LogP contribution in [0.4, 0.5) is 5.69 Å². The number of nitrogens with zero attached hydrogens (tertiary/aromatic N) is 1. The van der Waals surface area contributed by atoms with Crippen molar-refractivity contribution in [2.24, 2.45) is 0 Å². The van der Waals surface area contributed by atoms with Crippen molar-refractivity contribution in [2.45, 2.75) is 13.8 Å². The third kappa shape index (κ3) is 3.56. The second kappa shape index (κ2) is 6.04. The van der Waals surface area contributed by atoms with E-state index >= 15 is 0 Å². The molecule has 0 unspecified atom stereocenters. The van der Waals surface area contributed by atoms with Gasteiger partial charge in [0, 0.05) is 17.5 Å². The first-order chi connectivity index (χ1) is 9.97. The van der Waals surface area contributed by atoms with Crippen molar-refractivity contribution in [3.63, 3.8) is 0 Å². The summed E-state index contributed by atoms with van der Waals surface area (Å²) in [5.41, 5.74) is 3.49. The van der Waals surface area contributed by atoms with Gasteiger partial charge in [0.2, 0.25) is 0 Å². The van der Waals surface area contributed by atoms with Crippen LogP contribution in [0.1, 0.15) is 27.2 Å². The Labute approximate surface area is 121 Å². The van der Waals surface area contributed by atoms with E-state index in [4.69, 9.17) is 5.11 Å². The third-order valence-electron chi connectivity index (χ3n) is 3.01. The number of carbonyl (C=O) groups excluding carboxylic acids is 1. The zero-order valence-corrected chi connectivity index (χ0v) is 11.7. The van der Waals surface area contributed by atoms with Crippen LogP contribution in [0.2, 0.25) is 0 Å². The number of carboxylic acid groups (broad SMARTS) is 1. The first-order valence-corrected chi connectivity index (χ1v) is 6.30. The Kier molecular flexibility index (Phi) is 4.18. The molecule has 21 heavy (non-hydrogen) atoms. The lowest BCUT2D eigenvalue weighted by Gasteiger charge is -2.07. The predicted molar refractivity (Wildman–Crippen MR) is 79.1 cm³/mol. The minimum Gasteiger partial charge on any atom is -0.478 e. The van der Waals surface area contributed by atoms with Crippen molar-refractivity contribution in [2.75, 3.05) is 5.32 Å². The number of rotatable bonds is 4. The minimum absolute atomic E-state index is 0.241. The highest BCUT2D eigenvalue weighted by molar-refractivity contribution is 6.04. The number of hydrogen-bond acceptors (Lipinski definition) is 3. The van der Waals surface area contributed by atoms with E-state index in [1.165, 1.54) is 12.3 Å². The maximum absolute atomic E-state index is 12.0. The molecule has 0 spiro atoms. The Morgan fingerprint density at radius 2 is 2.10 bits per heavy atom. The van der Waals surface area contributed by atoms with Crippen LogP contribution in [0, 0.1) is 13.8 Å². The molecule has 6 heteroatoms. The van der Waals surface area contributed by atoms with Gasteiger partial charge in [0.05, 0.1) is 11.8 Å². The van der Waals surface area contributed by atoms with Crippen LogP contribution in [0.3, 0.4) is 0 Å². The number of carboxylic acids is 1. The smallest absolute Gasteiger partial charge is 0.328 e. The Hall–Kier alpha value is -2.89. The standard InChI is InChI=1S/C15H15N3O3/c1-9-7-12(5-3-11(9)4-6-14(19)20)17-15(21)13-8-16-18-10(13)2/h3-8H,1-2H3,(H,16,18)(H,17,21)(H,19,20). The lowest BCUT2D eigenvalue weighted by Crippen LogP contribution is -2.12. The Morgan fingerprint density at radius 1 is 1.33 bits per heavy atom. The van der Waals surface area contributed by atoms with Gasteiger partial charge in [0.25, 0.3) is 5.91 Å². The molecule has 0 saturated carbocycles. The molecule has 1 aromatic heterocycles. The number of carbonyl (C=O) groups is 2. The van der Waals surface area contributed by atoms with Crippen LogP contribution in [-0.2, 0) is 4.79 Å². The summed E-state index contributed by atoms with van der Waals surface area (Å²) in [6, 6.07) is 5.27. The van der Waals surface area contributed by atoms with E-state index in [-0.39, 0.29) is 5.91 Å². The van der Waals surface area contributed by atoms with Crippen molar-refractivity contribution in [1.82, 2.24) is 10.2 Å². The third-order valence-corrected chi connectivity index (χ3v) is 3.01. The van der Waals surface area contributed by atoms with Gasteiger partial charge in [-0.05, 0) is 43.2 Å². The molecule has 2 aromatic rings. The van der Waals surface area contributed by atoms with Crippen LogP contribution >= 0.6 is 0 Å². The SMILES string of the molecule is Cc1cc(NC(=O)c2cn[nH]c2C)ccc1C=CC(=O)O. The number of aryl methyl sites for hydroxylation is 2. The first kappa shape index (κ1) is 14.5. The number of amides is 1. The van der Waals surface area contributed by atoms with E-state index in [9.17, 15) is 9.59 Å². The fourth-order valence-corrected chi connectivity index (χ4v) is 1.88. The van der Waals surface area contributed by atoms with Crippen molar-refractivity contribution in [1.29, 1.82) is 0 Å². The summed E-state index contributed by atoms with van der Waals surface area (Å²) in [5.74, 6) is -1.24. The minimum atomic E-state index is -0.998. The second-order valence-electron chi connectivity index (χ2n) is 4.61. The lowest BCUT2D eigenvalue weighted by molar-refractivity contribution is -0.131. The summed E-state index contributed by atoms with van der Waals surface area (Å²) in [6.45, 7) is 3.62. The van der Waals surface area contributed by atoms with Gasteiger partial charge in [-0.15, -0.1) is 0 Å². The van der Waals surface area contributed by atoms with Crippen LogP contribution in [0.15, 0.2) is 30.5 Å². The second-order valence-corrected chi connectivity index (χ2v) is 4.61. The highest BCUT2D eigenvalue weighted by Crippen LogP contribution is 2.17. The maximum Gasteiger partial charge on any atom is 0.328 e. The van der Waals surface area contributed by atoms with E-state index in [1.54, 1.807) is 25.1 Å². The fraction of sp³-hybridized carbons (Fsp3) is 0.133. The molecule has 0 aliphatic rings. The van der Waals surface area contributed by atoms with E-state index < -0.39 is 5.97 Å². The van der Waals surface area contributed by atoms with Crippen molar-refractivity contribution >= 4 is 23.6 Å². The van der Waals surface area contributed by atoms with E-state index in [2.05, 4.69) is 15.5 Å². The van der Waals surface area contributed by atoms with Gasteiger partial charge in [-0.3, -0.25) is 9.89 Å². The Morgan fingerprint density at radius 3 is 2.67 bits per heavy atom. The number of H-pyrrole nitrogens is 1. The number of aromatic nitrogens is 2. The van der Waals surface area contributed by atoms with Gasteiger partial charge in [-0.1, -0.05) is 6.07 Å². The van der Waals surface area contributed by atoms with Gasteiger partial charge in [-0.2, -0.15) is 5.10 Å². The number of benzene rings is 1. The fourth-order valence-electron chi connectivity index (χ4n) is 1.88. The van der Waals surface area contributed by atoms with Gasteiger partial charge in [0.1, 0.15) is 0 Å². The number of anilines is 1. The molecule has 0 radical (unpaired) electrons. The summed E-state index contributed by atoms with van der Waals surface area (Å²) < 4.78 is 0. The predicted octanol–water partition coefficient (Wildman–Crippen LogP) is 2.38. The summed E-state index contributed by atoms with van der Waals surface area (Å²) in [4.78, 5) is 22.6. The number of aromatic amines is 1. The van der Waals surface area contributed by atoms with Crippen molar-refractivity contribution in [3.8, 4) is 0 Å². The molecule has 0 aliphatic carbocycles. The molecule has 2 rings (SSSR count). The van der Waals surface area contributed by atoms with Crippen LogP contribution in [-0.4, -0.2) is 27.2 Å². The Bertz CT molecular complexity index is 717. The zero-order chi connectivity index (χ0) is 15.4. The van der Waals surface area contributed by atoms with E-state index in [0.717, 1.165) is 17.2 Å². The summed E-state index contributed by atoms with van der Waals surface area (Å²) in [7, 11) is 0. The summed E-state index contributed by atoms with van der Waals surface area (Å²) in [5, 5.41) is 17.9. The normalized spacial score (nSPS) is 10.8. The molecule has 0 aliphatic heterocycles. The molecule has 3 N–H and O–H groups in total. The maximum atomic E-state index is 12.0. The molecule has 1 aromatic carbocycles. The first-order valence-electron chi connectivity index (χ1n) is 6.30. The van der Waals surface area contributed by atoms with Gasteiger partial charge < -0.3 is 10.4 Å². The molecule has 0 saturated heterocycles. The van der Waals surface area contributed by atoms with Crippen molar-refractivity contribution < 1.29 is 14.7 Å². The molecular weight excluding hydrogens is 270 g/mol. The topological polar surface area (TPSA) is 95.1 Å². The number of aliphatic carboxylic acids is 1. The molecule has 0 atom stereocenters. The van der Waals surface area contributed by atoms with Gasteiger partial charge >= 0.3 is 5.97 Å². The molecule has 108 valence electrons. The van der Waals surface area contributed by atoms with Crippen LogP contribution in [0.25, 0.3) is 6.08 Å². The van der Waals surface area contributed by atoms with Gasteiger partial charge in [0.15, 0.2) is 0 Å². The quantitative estimate of drug-likeness (QED) is 0.751. The monoisotopic (exact) mass is 285 g/mol. The summed E-state index contributed by atoms with van der Waals surface area (Å²) >= 11 is 0. The molecule has 6 nitrogen and oxygen atoms in total. The molecule has 1 heterocycles.